The number of amides is 2. The smallest absolute Gasteiger partial charge is 0.254 e. The average molecular weight is 415 g/mol. The third-order valence-electron chi connectivity index (χ3n) is 5.87. The maximum atomic E-state index is 13.5. The Morgan fingerprint density at radius 2 is 1.84 bits per heavy atom. The molecule has 2 aliphatic rings. The van der Waals surface area contributed by atoms with Crippen LogP contribution in [-0.4, -0.2) is 70.3 Å². The van der Waals surface area contributed by atoms with Crippen LogP contribution >= 0.6 is 0 Å². The van der Waals surface area contributed by atoms with Crippen molar-refractivity contribution in [3.8, 4) is 11.3 Å². The van der Waals surface area contributed by atoms with Gasteiger partial charge in [0.1, 0.15) is 0 Å². The summed E-state index contributed by atoms with van der Waals surface area (Å²) in [5, 5.41) is 3.88. The fourth-order valence-electron chi connectivity index (χ4n) is 4.00. The monoisotopic (exact) mass is 415 g/mol. The third kappa shape index (κ3) is 4.41. The lowest BCUT2D eigenvalue weighted by Crippen LogP contribution is -2.51. The van der Waals surface area contributed by atoms with Crippen molar-refractivity contribution in [2.24, 2.45) is 0 Å². The highest BCUT2D eigenvalue weighted by molar-refractivity contribution is 6.07. The number of piperazine rings is 1. The van der Waals surface area contributed by atoms with Gasteiger partial charge in [-0.15, -0.1) is 0 Å². The Labute approximate surface area is 181 Å². The second-order valence-electron chi connectivity index (χ2n) is 8.22. The molecule has 1 aromatic carbocycles. The number of benzene rings is 1. The van der Waals surface area contributed by atoms with E-state index in [1.165, 1.54) is 0 Å². The van der Waals surface area contributed by atoms with E-state index in [1.54, 1.807) is 12.4 Å². The predicted molar refractivity (Wildman–Crippen MR) is 118 cm³/mol. The highest BCUT2D eigenvalue weighted by Gasteiger charge is 2.27. The van der Waals surface area contributed by atoms with Gasteiger partial charge in [-0.05, 0) is 37.1 Å². The van der Waals surface area contributed by atoms with E-state index < -0.39 is 0 Å². The fourth-order valence-corrected chi connectivity index (χ4v) is 4.00. The molecule has 0 bridgehead atoms. The molecule has 2 aromatic heterocycles. The van der Waals surface area contributed by atoms with Crippen molar-refractivity contribution in [1.29, 1.82) is 0 Å². The Balaban J connectivity index is 1.34. The Hall–Kier alpha value is -3.32. The summed E-state index contributed by atoms with van der Waals surface area (Å²) in [5.41, 5.74) is 3.08. The molecule has 1 saturated carbocycles. The number of hydrogen-bond donors (Lipinski definition) is 1. The maximum Gasteiger partial charge on any atom is 0.254 e. The minimum atomic E-state index is 0.00539. The first kappa shape index (κ1) is 19.6. The van der Waals surface area contributed by atoms with Crippen LogP contribution in [0, 0.1) is 0 Å². The summed E-state index contributed by atoms with van der Waals surface area (Å²) < 4.78 is 0. The van der Waals surface area contributed by atoms with Crippen molar-refractivity contribution in [3.63, 3.8) is 0 Å². The van der Waals surface area contributed by atoms with E-state index in [2.05, 4.69) is 15.2 Å². The Morgan fingerprint density at radius 3 is 2.58 bits per heavy atom. The van der Waals surface area contributed by atoms with Crippen LogP contribution in [0.2, 0.25) is 0 Å². The molecular weight excluding hydrogens is 390 g/mol. The Kier molecular flexibility index (Phi) is 5.34. The highest BCUT2D eigenvalue weighted by Crippen LogP contribution is 2.26. The van der Waals surface area contributed by atoms with Crippen molar-refractivity contribution in [2.75, 3.05) is 32.7 Å². The summed E-state index contributed by atoms with van der Waals surface area (Å²) in [4.78, 5) is 38.5. The summed E-state index contributed by atoms with van der Waals surface area (Å²) in [5.74, 6) is 0.0920. The minimum absolute atomic E-state index is 0.00539. The molecule has 0 radical (unpaired) electrons. The van der Waals surface area contributed by atoms with Crippen molar-refractivity contribution in [2.45, 2.75) is 18.9 Å². The number of fused-ring (bicyclic) bond motifs is 1. The molecule has 1 saturated heterocycles. The van der Waals surface area contributed by atoms with E-state index in [0.29, 0.717) is 44.3 Å². The average Bonchev–Trinajstić information content (AvgIpc) is 3.63. The van der Waals surface area contributed by atoms with Crippen molar-refractivity contribution < 1.29 is 9.59 Å². The molecule has 0 unspecified atom stereocenters. The van der Waals surface area contributed by atoms with E-state index in [9.17, 15) is 9.59 Å². The van der Waals surface area contributed by atoms with Gasteiger partial charge in [0.05, 0.1) is 23.3 Å². The van der Waals surface area contributed by atoms with Crippen LogP contribution in [0.5, 0.6) is 0 Å². The first-order valence-electron chi connectivity index (χ1n) is 10.8. The number of para-hydroxylation sites is 1. The number of aromatic nitrogens is 2. The summed E-state index contributed by atoms with van der Waals surface area (Å²) >= 11 is 0. The van der Waals surface area contributed by atoms with Crippen LogP contribution in [-0.2, 0) is 4.79 Å². The molecule has 1 aliphatic heterocycles. The second-order valence-corrected chi connectivity index (χ2v) is 8.22. The van der Waals surface area contributed by atoms with Crippen LogP contribution in [0.1, 0.15) is 23.2 Å². The van der Waals surface area contributed by atoms with Crippen LogP contribution in [0.4, 0.5) is 0 Å². The van der Waals surface area contributed by atoms with Gasteiger partial charge in [-0.2, -0.15) is 0 Å². The zero-order chi connectivity index (χ0) is 21.2. The van der Waals surface area contributed by atoms with Crippen molar-refractivity contribution >= 4 is 22.7 Å². The van der Waals surface area contributed by atoms with Gasteiger partial charge in [0, 0.05) is 55.6 Å². The fraction of sp³-hybridized carbons (Fsp3) is 0.333. The van der Waals surface area contributed by atoms with E-state index in [0.717, 1.165) is 35.0 Å². The van der Waals surface area contributed by atoms with Gasteiger partial charge in [-0.25, -0.2) is 4.98 Å². The van der Waals surface area contributed by atoms with E-state index in [-0.39, 0.29) is 11.8 Å². The van der Waals surface area contributed by atoms with Crippen LogP contribution < -0.4 is 5.32 Å². The molecule has 7 heteroatoms. The zero-order valence-corrected chi connectivity index (χ0v) is 17.3. The first-order chi connectivity index (χ1) is 15.2. The van der Waals surface area contributed by atoms with Gasteiger partial charge in [0.25, 0.3) is 5.91 Å². The minimum Gasteiger partial charge on any atom is -0.352 e. The molecule has 2 amide bonds. The molecule has 2 fully saturated rings. The van der Waals surface area contributed by atoms with Crippen molar-refractivity contribution in [3.05, 3.63) is 60.4 Å². The number of carbonyl (C=O) groups is 2. The molecule has 0 spiro atoms. The molecule has 31 heavy (non-hydrogen) atoms. The summed E-state index contributed by atoms with van der Waals surface area (Å²) in [6.07, 6.45) is 5.67. The molecular formula is C24H25N5O2. The standard InChI is InChI=1S/C24H25N5O2/c30-23(26-18-7-8-18)16-28-10-12-29(13-11-28)24(31)20-14-22(17-4-3-9-25-15-17)27-21-6-2-1-5-19(20)21/h1-6,9,14-15,18H,7-8,10-13,16H2,(H,26,30). The van der Waals surface area contributed by atoms with Gasteiger partial charge >= 0.3 is 0 Å². The van der Waals surface area contributed by atoms with Gasteiger partial charge in [-0.1, -0.05) is 18.2 Å². The lowest BCUT2D eigenvalue weighted by atomic mass is 10.0. The molecule has 7 nitrogen and oxygen atoms in total. The van der Waals surface area contributed by atoms with E-state index in [1.807, 2.05) is 47.4 Å². The number of rotatable bonds is 5. The molecule has 5 rings (SSSR count). The lowest BCUT2D eigenvalue weighted by Gasteiger charge is -2.34. The molecule has 158 valence electrons. The van der Waals surface area contributed by atoms with E-state index in [4.69, 9.17) is 4.98 Å². The summed E-state index contributed by atoms with van der Waals surface area (Å²) in [6, 6.07) is 13.8. The Bertz CT molecular complexity index is 1110. The van der Waals surface area contributed by atoms with Crippen LogP contribution in [0.15, 0.2) is 54.9 Å². The second kappa shape index (κ2) is 8.43. The number of pyridine rings is 2. The number of nitrogens with one attached hydrogen (secondary N) is 1. The summed E-state index contributed by atoms with van der Waals surface area (Å²) in [7, 11) is 0. The molecule has 3 aromatic rings. The largest absolute Gasteiger partial charge is 0.352 e. The quantitative estimate of drug-likeness (QED) is 0.692. The van der Waals surface area contributed by atoms with Gasteiger partial charge in [0.15, 0.2) is 0 Å². The summed E-state index contributed by atoms with van der Waals surface area (Å²) in [6.45, 7) is 3.01. The molecule has 3 heterocycles. The SMILES string of the molecule is O=C(CN1CCN(C(=O)c2cc(-c3cccnc3)nc3ccccc23)CC1)NC1CC1. The van der Waals surface area contributed by atoms with Crippen molar-refractivity contribution in [1.82, 2.24) is 25.1 Å². The van der Waals surface area contributed by atoms with Crippen LogP contribution in [0.3, 0.4) is 0 Å². The highest BCUT2D eigenvalue weighted by atomic mass is 16.2. The number of carbonyl (C=O) groups excluding carboxylic acids is 2. The molecule has 1 aliphatic carbocycles. The molecule has 1 N–H and O–H groups in total. The van der Waals surface area contributed by atoms with Gasteiger partial charge < -0.3 is 10.2 Å². The normalized spacial score (nSPS) is 17.0. The third-order valence-corrected chi connectivity index (χ3v) is 5.87. The lowest BCUT2D eigenvalue weighted by molar-refractivity contribution is -0.122. The molecule has 0 atom stereocenters. The predicted octanol–water partition coefficient (Wildman–Crippen LogP) is 2.33. The Morgan fingerprint density at radius 1 is 1.03 bits per heavy atom. The zero-order valence-electron chi connectivity index (χ0n) is 17.3. The van der Waals surface area contributed by atoms with Gasteiger partial charge in [0.2, 0.25) is 5.91 Å². The maximum absolute atomic E-state index is 13.5. The van der Waals surface area contributed by atoms with Gasteiger partial charge in [-0.3, -0.25) is 19.5 Å². The number of nitrogens with zero attached hydrogens (tertiary/aromatic N) is 4. The topological polar surface area (TPSA) is 78.4 Å². The van der Waals surface area contributed by atoms with Crippen LogP contribution in [0.25, 0.3) is 22.2 Å². The number of hydrogen-bond acceptors (Lipinski definition) is 5. The first-order valence-corrected chi connectivity index (χ1v) is 10.8. The van der Waals surface area contributed by atoms with E-state index >= 15 is 0 Å².